The Morgan fingerprint density at radius 3 is 2.23 bits per heavy atom. The summed E-state index contributed by atoms with van der Waals surface area (Å²) in [5.74, 6) is -0.400. The minimum Gasteiger partial charge on any atom is -0.507 e. The van der Waals surface area contributed by atoms with Crippen LogP contribution >= 0.6 is 15.9 Å². The van der Waals surface area contributed by atoms with Crippen molar-refractivity contribution in [3.63, 3.8) is 0 Å². The number of rotatable bonds is 2. The fourth-order valence-corrected chi connectivity index (χ4v) is 3.34. The van der Waals surface area contributed by atoms with Crippen molar-refractivity contribution in [1.29, 1.82) is 0 Å². The van der Waals surface area contributed by atoms with E-state index in [1.165, 1.54) is 13.2 Å². The maximum Gasteiger partial charge on any atom is 0.338 e. The maximum absolute atomic E-state index is 12.4. The Labute approximate surface area is 161 Å². The number of phenolic OH excluding ortho intramolecular Hbond substituents is 1. The van der Waals surface area contributed by atoms with Gasteiger partial charge in [-0.1, -0.05) is 61.0 Å². The van der Waals surface area contributed by atoms with Crippen molar-refractivity contribution in [2.24, 2.45) is 0 Å². The Balaban J connectivity index is 2.44. The van der Waals surface area contributed by atoms with Crippen molar-refractivity contribution in [3.8, 4) is 16.9 Å². The van der Waals surface area contributed by atoms with Gasteiger partial charge in [-0.2, -0.15) is 0 Å². The summed E-state index contributed by atoms with van der Waals surface area (Å²) in [6, 6.07) is 15.2. The molecule has 0 spiro atoms. The number of halogens is 1. The molecule has 0 unspecified atom stereocenters. The molecule has 3 aromatic rings. The van der Waals surface area contributed by atoms with Crippen molar-refractivity contribution < 1.29 is 14.6 Å². The highest BCUT2D eigenvalue weighted by Gasteiger charge is 2.21. The Kier molecular flexibility index (Phi) is 4.80. The molecule has 4 heteroatoms. The molecule has 3 aromatic carbocycles. The maximum atomic E-state index is 12.4. The number of phenols is 1. The highest BCUT2D eigenvalue weighted by atomic mass is 79.9. The molecule has 0 atom stereocenters. The summed E-state index contributed by atoms with van der Waals surface area (Å²) in [7, 11) is 1.35. The van der Waals surface area contributed by atoms with Crippen molar-refractivity contribution >= 4 is 32.7 Å². The van der Waals surface area contributed by atoms with E-state index in [0.717, 1.165) is 26.5 Å². The molecule has 0 aliphatic heterocycles. The van der Waals surface area contributed by atoms with Crippen molar-refractivity contribution in [3.05, 3.63) is 64.1 Å². The predicted molar refractivity (Wildman–Crippen MR) is 109 cm³/mol. The molecule has 3 rings (SSSR count). The van der Waals surface area contributed by atoms with Crippen molar-refractivity contribution in [2.45, 2.75) is 26.2 Å². The zero-order valence-corrected chi connectivity index (χ0v) is 16.8. The van der Waals surface area contributed by atoms with Crippen LogP contribution in [0.15, 0.2) is 53.0 Å². The molecule has 1 N–H and O–H groups in total. The minimum absolute atomic E-state index is 0.0535. The second kappa shape index (κ2) is 6.76. The van der Waals surface area contributed by atoms with Gasteiger partial charge in [-0.25, -0.2) is 4.79 Å². The molecule has 0 saturated heterocycles. The first-order valence-corrected chi connectivity index (χ1v) is 9.16. The lowest BCUT2D eigenvalue weighted by atomic mass is 9.83. The van der Waals surface area contributed by atoms with Gasteiger partial charge in [-0.05, 0) is 46.2 Å². The molecule has 3 nitrogen and oxygen atoms in total. The fourth-order valence-electron chi connectivity index (χ4n) is 3.07. The van der Waals surface area contributed by atoms with Crippen LogP contribution in [-0.2, 0) is 10.2 Å². The summed E-state index contributed by atoms with van der Waals surface area (Å²) in [5.41, 5.74) is 3.09. The Morgan fingerprint density at radius 1 is 1.00 bits per heavy atom. The first-order valence-electron chi connectivity index (χ1n) is 8.37. The number of hydrogen-bond acceptors (Lipinski definition) is 3. The van der Waals surface area contributed by atoms with Crippen LogP contribution < -0.4 is 0 Å². The van der Waals surface area contributed by atoms with Crippen LogP contribution in [0.1, 0.15) is 36.7 Å². The summed E-state index contributed by atoms with van der Waals surface area (Å²) in [6.45, 7) is 6.41. The van der Waals surface area contributed by atoms with E-state index in [1.807, 2.05) is 36.4 Å². The van der Waals surface area contributed by atoms with E-state index >= 15 is 0 Å². The van der Waals surface area contributed by atoms with Crippen molar-refractivity contribution in [2.75, 3.05) is 7.11 Å². The van der Waals surface area contributed by atoms with Gasteiger partial charge in [0.1, 0.15) is 5.75 Å². The lowest BCUT2D eigenvalue weighted by Crippen LogP contribution is -2.11. The van der Waals surface area contributed by atoms with Crippen LogP contribution in [0.25, 0.3) is 21.9 Å². The van der Waals surface area contributed by atoms with E-state index in [0.29, 0.717) is 10.9 Å². The first kappa shape index (κ1) is 18.5. The van der Waals surface area contributed by atoms with Crippen molar-refractivity contribution in [1.82, 2.24) is 0 Å². The van der Waals surface area contributed by atoms with Crippen LogP contribution in [0.3, 0.4) is 0 Å². The number of hydrogen-bond donors (Lipinski definition) is 1. The van der Waals surface area contributed by atoms with Crippen LogP contribution in [0.5, 0.6) is 5.75 Å². The lowest BCUT2D eigenvalue weighted by molar-refractivity contribution is 0.0601. The van der Waals surface area contributed by atoms with Crippen LogP contribution in [0.4, 0.5) is 0 Å². The number of aromatic hydroxyl groups is 1. The van der Waals surface area contributed by atoms with E-state index in [1.54, 1.807) is 0 Å². The number of ether oxygens (including phenoxy) is 1. The third-order valence-electron chi connectivity index (χ3n) is 4.52. The molecular formula is C22H21BrO3. The second-order valence-corrected chi connectivity index (χ2v) is 8.24. The van der Waals surface area contributed by atoms with E-state index in [-0.39, 0.29) is 11.2 Å². The second-order valence-electron chi connectivity index (χ2n) is 7.33. The van der Waals surface area contributed by atoms with Gasteiger partial charge >= 0.3 is 5.97 Å². The van der Waals surface area contributed by atoms with Gasteiger partial charge in [0.05, 0.1) is 12.7 Å². The molecule has 0 aliphatic carbocycles. The monoisotopic (exact) mass is 412 g/mol. The number of carbonyl (C=O) groups excluding carboxylic acids is 1. The SMILES string of the molecule is COC(=O)c1cc(O)c2ccc(C(C)(C)C)cc2c1-c1ccc(Br)cc1. The van der Waals surface area contributed by atoms with Gasteiger partial charge in [-0.3, -0.25) is 0 Å². The predicted octanol–water partition coefficient (Wildman–Crippen LogP) is 6.06. The third-order valence-corrected chi connectivity index (χ3v) is 5.05. The van der Waals surface area contributed by atoms with Gasteiger partial charge in [0, 0.05) is 15.4 Å². The lowest BCUT2D eigenvalue weighted by Gasteiger charge is -2.21. The summed E-state index contributed by atoms with van der Waals surface area (Å²) in [6.07, 6.45) is 0. The number of carbonyl (C=O) groups is 1. The molecule has 0 aromatic heterocycles. The quantitative estimate of drug-likeness (QED) is 0.520. The van der Waals surface area contributed by atoms with Crippen LogP contribution in [0, 0.1) is 0 Å². The third kappa shape index (κ3) is 3.34. The Hall–Kier alpha value is -2.33. The highest BCUT2D eigenvalue weighted by molar-refractivity contribution is 9.10. The zero-order valence-electron chi connectivity index (χ0n) is 15.3. The highest BCUT2D eigenvalue weighted by Crippen LogP contribution is 2.40. The topological polar surface area (TPSA) is 46.5 Å². The van der Waals surface area contributed by atoms with Gasteiger partial charge in [-0.15, -0.1) is 0 Å². The molecule has 0 aliphatic rings. The Bertz CT molecular complexity index is 983. The van der Waals surface area contributed by atoms with Crippen LogP contribution in [-0.4, -0.2) is 18.2 Å². The van der Waals surface area contributed by atoms with E-state index in [4.69, 9.17) is 4.74 Å². The average Bonchev–Trinajstić information content (AvgIpc) is 2.60. The van der Waals surface area contributed by atoms with Gasteiger partial charge in [0.25, 0.3) is 0 Å². The fraction of sp³-hybridized carbons (Fsp3) is 0.227. The largest absolute Gasteiger partial charge is 0.507 e. The number of benzene rings is 3. The standard InChI is InChI=1S/C22H21BrO3/c1-22(2,3)14-7-10-16-17(11-14)20(13-5-8-15(23)9-6-13)18(12-19(16)24)21(25)26-4/h5-12,24H,1-4H3. The van der Waals surface area contributed by atoms with Crippen LogP contribution in [0.2, 0.25) is 0 Å². The summed E-state index contributed by atoms with van der Waals surface area (Å²) >= 11 is 3.45. The summed E-state index contributed by atoms with van der Waals surface area (Å²) in [4.78, 5) is 12.4. The summed E-state index contributed by atoms with van der Waals surface area (Å²) in [5, 5.41) is 12.0. The van der Waals surface area contributed by atoms with Gasteiger partial charge in [0.2, 0.25) is 0 Å². The van der Waals surface area contributed by atoms with E-state index in [9.17, 15) is 9.90 Å². The summed E-state index contributed by atoms with van der Waals surface area (Å²) < 4.78 is 5.92. The number of esters is 1. The molecule has 0 amide bonds. The first-order chi connectivity index (χ1) is 12.2. The normalized spacial score (nSPS) is 11.6. The molecule has 26 heavy (non-hydrogen) atoms. The molecule has 0 bridgehead atoms. The zero-order chi connectivity index (χ0) is 19.1. The molecular weight excluding hydrogens is 392 g/mol. The van der Waals surface area contributed by atoms with Gasteiger partial charge in [0.15, 0.2) is 0 Å². The van der Waals surface area contributed by atoms with E-state index < -0.39 is 5.97 Å². The number of fused-ring (bicyclic) bond motifs is 1. The Morgan fingerprint density at radius 2 is 1.65 bits per heavy atom. The molecule has 0 fully saturated rings. The van der Waals surface area contributed by atoms with Gasteiger partial charge < -0.3 is 9.84 Å². The average molecular weight is 413 g/mol. The smallest absolute Gasteiger partial charge is 0.338 e. The molecule has 0 radical (unpaired) electrons. The van der Waals surface area contributed by atoms with E-state index in [2.05, 4.69) is 42.8 Å². The molecule has 0 saturated carbocycles. The minimum atomic E-state index is -0.471. The number of methoxy groups -OCH3 is 1. The molecule has 0 heterocycles. The molecule has 134 valence electrons.